The van der Waals surface area contributed by atoms with Crippen LogP contribution >= 0.6 is 0 Å². The van der Waals surface area contributed by atoms with Crippen molar-refractivity contribution in [3.05, 3.63) is 18.2 Å². The van der Waals surface area contributed by atoms with Crippen LogP contribution in [-0.2, 0) is 9.84 Å². The lowest BCUT2D eigenvalue weighted by molar-refractivity contribution is 0.416. The normalized spacial score (nSPS) is 11.7. The highest BCUT2D eigenvalue weighted by atomic mass is 32.2. The molecule has 0 atom stereocenters. The topological polar surface area (TPSA) is 69.4 Å². The molecule has 0 unspecified atom stereocenters. The average molecular weight is 229 g/mol. The highest BCUT2D eigenvalue weighted by Crippen LogP contribution is 2.26. The monoisotopic (exact) mass is 229 g/mol. The maximum Gasteiger partial charge on any atom is 0.180 e. The first-order valence-electron chi connectivity index (χ1n) is 4.57. The predicted molar refractivity (Wildman–Crippen MR) is 59.7 cm³/mol. The molecule has 1 aromatic rings. The van der Waals surface area contributed by atoms with Gasteiger partial charge in [0, 0.05) is 0 Å². The van der Waals surface area contributed by atoms with Crippen LogP contribution in [0.2, 0.25) is 0 Å². The fourth-order valence-electron chi connectivity index (χ4n) is 1.16. The molecule has 0 radical (unpaired) electrons. The Hall–Kier alpha value is -1.23. The second kappa shape index (κ2) is 4.10. The second-order valence-electron chi connectivity index (χ2n) is 3.50. The zero-order valence-electron chi connectivity index (χ0n) is 9.02. The molecule has 84 valence electrons. The van der Waals surface area contributed by atoms with Crippen LogP contribution in [0.3, 0.4) is 0 Å². The number of nitrogen functional groups attached to an aromatic ring is 1. The molecule has 0 heterocycles. The molecular formula is C10H15NO3S. The van der Waals surface area contributed by atoms with Crippen LogP contribution in [0, 0.1) is 0 Å². The van der Waals surface area contributed by atoms with Gasteiger partial charge in [-0.2, -0.15) is 0 Å². The van der Waals surface area contributed by atoms with E-state index in [9.17, 15) is 8.42 Å². The van der Waals surface area contributed by atoms with Crippen molar-refractivity contribution in [2.45, 2.75) is 24.0 Å². The van der Waals surface area contributed by atoms with E-state index in [4.69, 9.17) is 10.5 Å². The zero-order valence-corrected chi connectivity index (χ0v) is 9.84. The van der Waals surface area contributed by atoms with E-state index < -0.39 is 15.1 Å². The summed E-state index contributed by atoms with van der Waals surface area (Å²) in [6.45, 7) is 3.27. The van der Waals surface area contributed by atoms with Crippen LogP contribution in [0.5, 0.6) is 5.75 Å². The summed E-state index contributed by atoms with van der Waals surface area (Å²) in [6, 6.07) is 4.49. The lowest BCUT2D eigenvalue weighted by Gasteiger charge is -2.10. The highest BCUT2D eigenvalue weighted by Gasteiger charge is 2.19. The number of nitrogens with two attached hydrogens (primary N) is 1. The Morgan fingerprint density at radius 1 is 1.33 bits per heavy atom. The van der Waals surface area contributed by atoms with Crippen molar-refractivity contribution in [3.8, 4) is 5.75 Å². The average Bonchev–Trinajstić information content (AvgIpc) is 2.17. The Morgan fingerprint density at radius 2 is 1.93 bits per heavy atom. The van der Waals surface area contributed by atoms with E-state index in [1.54, 1.807) is 19.9 Å². The predicted octanol–water partition coefficient (Wildman–Crippen LogP) is 1.46. The summed E-state index contributed by atoms with van der Waals surface area (Å²) in [4.78, 5) is 0.232. The lowest BCUT2D eigenvalue weighted by atomic mass is 10.3. The number of benzene rings is 1. The number of methoxy groups -OCH3 is 1. The number of sulfone groups is 1. The molecule has 0 aromatic heterocycles. The molecule has 0 saturated heterocycles. The number of anilines is 1. The fourth-order valence-corrected chi connectivity index (χ4v) is 2.25. The maximum absolute atomic E-state index is 11.8. The maximum atomic E-state index is 11.8. The molecule has 0 bridgehead atoms. The molecular weight excluding hydrogens is 214 g/mol. The van der Waals surface area contributed by atoms with Gasteiger partial charge in [-0.15, -0.1) is 0 Å². The molecule has 0 aliphatic carbocycles. The van der Waals surface area contributed by atoms with Crippen LogP contribution in [0.4, 0.5) is 5.69 Å². The summed E-state index contributed by atoms with van der Waals surface area (Å²) in [5, 5.41) is -0.453. The summed E-state index contributed by atoms with van der Waals surface area (Å²) in [6.07, 6.45) is 0. The Bertz CT molecular complexity index is 452. The molecule has 0 aliphatic heterocycles. The smallest absolute Gasteiger partial charge is 0.180 e. The van der Waals surface area contributed by atoms with Crippen molar-refractivity contribution in [3.63, 3.8) is 0 Å². The van der Waals surface area contributed by atoms with Crippen LogP contribution < -0.4 is 10.5 Å². The van der Waals surface area contributed by atoms with E-state index in [-0.39, 0.29) is 4.90 Å². The first-order chi connectivity index (χ1) is 6.89. The third kappa shape index (κ3) is 2.23. The van der Waals surface area contributed by atoms with Gasteiger partial charge in [0.25, 0.3) is 0 Å². The van der Waals surface area contributed by atoms with Crippen molar-refractivity contribution < 1.29 is 13.2 Å². The third-order valence-corrected chi connectivity index (χ3v) is 4.30. The molecule has 5 heteroatoms. The fraction of sp³-hybridized carbons (Fsp3) is 0.400. The first-order valence-corrected chi connectivity index (χ1v) is 6.11. The van der Waals surface area contributed by atoms with Gasteiger partial charge in [-0.1, -0.05) is 0 Å². The minimum absolute atomic E-state index is 0.232. The third-order valence-electron chi connectivity index (χ3n) is 2.15. The van der Waals surface area contributed by atoms with Gasteiger partial charge in [0.05, 0.1) is 22.9 Å². The molecule has 0 aliphatic rings. The van der Waals surface area contributed by atoms with Gasteiger partial charge in [0.1, 0.15) is 5.75 Å². The summed E-state index contributed by atoms with van der Waals surface area (Å²) in [7, 11) is -1.77. The van der Waals surface area contributed by atoms with Gasteiger partial charge < -0.3 is 10.5 Å². The second-order valence-corrected chi connectivity index (χ2v) is 6.00. The Balaban J connectivity index is 3.25. The molecule has 0 fully saturated rings. The van der Waals surface area contributed by atoms with E-state index in [0.29, 0.717) is 11.4 Å². The van der Waals surface area contributed by atoms with Crippen LogP contribution in [-0.4, -0.2) is 20.8 Å². The van der Waals surface area contributed by atoms with Crippen molar-refractivity contribution in [2.75, 3.05) is 12.8 Å². The van der Waals surface area contributed by atoms with E-state index >= 15 is 0 Å². The van der Waals surface area contributed by atoms with E-state index in [2.05, 4.69) is 0 Å². The molecule has 1 aromatic carbocycles. The van der Waals surface area contributed by atoms with Gasteiger partial charge in [-0.25, -0.2) is 8.42 Å². The summed E-state index contributed by atoms with van der Waals surface area (Å²) in [5.74, 6) is 0.484. The summed E-state index contributed by atoms with van der Waals surface area (Å²) < 4.78 is 28.5. The quantitative estimate of drug-likeness (QED) is 0.797. The standard InChI is InChI=1S/C10H15NO3S/c1-7(2)15(12,13)8-4-5-10(14-3)9(11)6-8/h4-7H,11H2,1-3H3. The summed E-state index contributed by atoms with van der Waals surface area (Å²) >= 11 is 0. The van der Waals surface area contributed by atoms with Gasteiger partial charge in [0.15, 0.2) is 9.84 Å². The van der Waals surface area contributed by atoms with Crippen molar-refractivity contribution in [1.29, 1.82) is 0 Å². The number of rotatable bonds is 3. The molecule has 2 N–H and O–H groups in total. The van der Waals surface area contributed by atoms with Gasteiger partial charge in [0.2, 0.25) is 0 Å². The molecule has 0 amide bonds. The van der Waals surface area contributed by atoms with Gasteiger partial charge in [-0.05, 0) is 32.0 Å². The lowest BCUT2D eigenvalue weighted by Crippen LogP contribution is -2.14. The zero-order chi connectivity index (χ0) is 11.6. The van der Waals surface area contributed by atoms with E-state index in [1.807, 2.05) is 0 Å². The SMILES string of the molecule is COc1ccc(S(=O)(=O)C(C)C)cc1N. The van der Waals surface area contributed by atoms with Crippen LogP contribution in [0.25, 0.3) is 0 Å². The highest BCUT2D eigenvalue weighted by molar-refractivity contribution is 7.92. The van der Waals surface area contributed by atoms with E-state index in [0.717, 1.165) is 0 Å². The minimum Gasteiger partial charge on any atom is -0.495 e. The first kappa shape index (κ1) is 11.8. The number of hydrogen-bond acceptors (Lipinski definition) is 4. The Labute approximate surface area is 90.0 Å². The molecule has 4 nitrogen and oxygen atoms in total. The van der Waals surface area contributed by atoms with Gasteiger partial charge in [-0.3, -0.25) is 0 Å². The number of hydrogen-bond donors (Lipinski definition) is 1. The number of ether oxygens (including phenoxy) is 1. The van der Waals surface area contributed by atoms with E-state index in [1.165, 1.54) is 19.2 Å². The van der Waals surface area contributed by atoms with Crippen LogP contribution in [0.15, 0.2) is 23.1 Å². The van der Waals surface area contributed by atoms with Crippen molar-refractivity contribution in [1.82, 2.24) is 0 Å². The van der Waals surface area contributed by atoms with Gasteiger partial charge >= 0.3 is 0 Å². The summed E-state index contributed by atoms with van der Waals surface area (Å²) in [5.41, 5.74) is 5.97. The Morgan fingerprint density at radius 3 is 2.33 bits per heavy atom. The molecule has 1 rings (SSSR count). The largest absolute Gasteiger partial charge is 0.495 e. The van der Waals surface area contributed by atoms with Crippen molar-refractivity contribution in [2.24, 2.45) is 0 Å². The van der Waals surface area contributed by atoms with Crippen molar-refractivity contribution >= 4 is 15.5 Å². The molecule has 0 spiro atoms. The Kier molecular flexibility index (Phi) is 3.24. The minimum atomic E-state index is -3.26. The van der Waals surface area contributed by atoms with Crippen LogP contribution in [0.1, 0.15) is 13.8 Å². The molecule has 15 heavy (non-hydrogen) atoms. The molecule has 0 saturated carbocycles.